The fourth-order valence-electron chi connectivity index (χ4n) is 1.65. The molecular formula is C12H13ClN2O. The van der Waals surface area contributed by atoms with Crippen molar-refractivity contribution in [2.45, 2.75) is 20.0 Å². The smallest absolute Gasteiger partial charge is 0.300 e. The van der Waals surface area contributed by atoms with Gasteiger partial charge >= 0.3 is 5.69 Å². The van der Waals surface area contributed by atoms with Crippen LogP contribution in [0.25, 0.3) is 0 Å². The molecule has 0 saturated heterocycles. The van der Waals surface area contributed by atoms with E-state index in [0.29, 0.717) is 18.1 Å². The highest BCUT2D eigenvalue weighted by molar-refractivity contribution is 6.30. The fourth-order valence-corrected chi connectivity index (χ4v) is 1.86. The zero-order chi connectivity index (χ0) is 11.5. The molecule has 0 bridgehead atoms. The monoisotopic (exact) mass is 236 g/mol. The Hall–Kier alpha value is -1.48. The van der Waals surface area contributed by atoms with Crippen LogP contribution in [0.5, 0.6) is 0 Å². The Kier molecular flexibility index (Phi) is 3.15. The lowest BCUT2D eigenvalue weighted by molar-refractivity contribution is 0.668. The maximum absolute atomic E-state index is 11.8. The van der Waals surface area contributed by atoms with Gasteiger partial charge < -0.3 is 0 Å². The van der Waals surface area contributed by atoms with Crippen molar-refractivity contribution in [2.75, 3.05) is 0 Å². The first-order chi connectivity index (χ1) is 7.70. The summed E-state index contributed by atoms with van der Waals surface area (Å²) in [6.07, 6.45) is 3.60. The molecule has 0 aliphatic carbocycles. The molecule has 0 amide bonds. The van der Waals surface area contributed by atoms with Crippen LogP contribution in [0.15, 0.2) is 41.5 Å². The van der Waals surface area contributed by atoms with Crippen LogP contribution in [-0.4, -0.2) is 9.13 Å². The molecule has 16 heavy (non-hydrogen) atoms. The van der Waals surface area contributed by atoms with Crippen LogP contribution in [0, 0.1) is 0 Å². The number of rotatable bonds is 3. The van der Waals surface area contributed by atoms with Gasteiger partial charge in [0, 0.05) is 24.0 Å². The minimum Gasteiger partial charge on any atom is -0.300 e. The normalized spacial score (nSPS) is 10.6. The van der Waals surface area contributed by atoms with Crippen molar-refractivity contribution in [3.63, 3.8) is 0 Å². The third kappa shape index (κ3) is 2.19. The summed E-state index contributed by atoms with van der Waals surface area (Å²) in [5.74, 6) is 0. The average molecular weight is 237 g/mol. The third-order valence-corrected chi connectivity index (χ3v) is 2.74. The van der Waals surface area contributed by atoms with Crippen LogP contribution in [0.1, 0.15) is 12.5 Å². The molecular weight excluding hydrogens is 224 g/mol. The molecule has 1 aromatic heterocycles. The molecule has 0 unspecified atom stereocenters. The van der Waals surface area contributed by atoms with Crippen LogP contribution < -0.4 is 5.69 Å². The second kappa shape index (κ2) is 4.58. The first kappa shape index (κ1) is 11.0. The number of imidazole rings is 1. The predicted octanol–water partition coefficient (Wildman–Crippen LogP) is 2.37. The van der Waals surface area contributed by atoms with E-state index in [-0.39, 0.29) is 5.69 Å². The van der Waals surface area contributed by atoms with Crippen LogP contribution in [0.2, 0.25) is 5.02 Å². The molecule has 0 saturated carbocycles. The third-order valence-electron chi connectivity index (χ3n) is 2.50. The van der Waals surface area contributed by atoms with E-state index in [1.165, 1.54) is 0 Å². The summed E-state index contributed by atoms with van der Waals surface area (Å²) in [5, 5.41) is 0.695. The van der Waals surface area contributed by atoms with Crippen molar-refractivity contribution in [2.24, 2.45) is 0 Å². The first-order valence-electron chi connectivity index (χ1n) is 5.20. The number of aromatic nitrogens is 2. The second-order valence-corrected chi connectivity index (χ2v) is 4.06. The standard InChI is InChI=1S/C12H13ClN2O/c1-2-14-6-7-15(12(14)16)9-10-4-3-5-11(13)8-10/h3-8H,2,9H2,1H3. The molecule has 0 spiro atoms. The Morgan fingerprint density at radius 3 is 2.62 bits per heavy atom. The van der Waals surface area contributed by atoms with Crippen LogP contribution in [0.3, 0.4) is 0 Å². The topological polar surface area (TPSA) is 26.9 Å². The summed E-state index contributed by atoms with van der Waals surface area (Å²) in [7, 11) is 0. The van der Waals surface area contributed by atoms with Gasteiger partial charge in [-0.2, -0.15) is 0 Å². The summed E-state index contributed by atoms with van der Waals surface area (Å²) in [4.78, 5) is 11.8. The van der Waals surface area contributed by atoms with Crippen LogP contribution in [0.4, 0.5) is 0 Å². The van der Waals surface area contributed by atoms with Gasteiger partial charge in [0.15, 0.2) is 0 Å². The molecule has 4 heteroatoms. The number of nitrogens with zero attached hydrogens (tertiary/aromatic N) is 2. The summed E-state index contributed by atoms with van der Waals surface area (Å²) in [6, 6.07) is 7.55. The zero-order valence-electron chi connectivity index (χ0n) is 9.06. The number of halogens is 1. The highest BCUT2D eigenvalue weighted by Gasteiger charge is 2.02. The fraction of sp³-hybridized carbons (Fsp3) is 0.250. The van der Waals surface area contributed by atoms with Gasteiger partial charge in [-0.25, -0.2) is 4.79 Å². The van der Waals surface area contributed by atoms with Gasteiger partial charge in [0.25, 0.3) is 0 Å². The van der Waals surface area contributed by atoms with Gasteiger partial charge in [0.2, 0.25) is 0 Å². The molecule has 0 radical (unpaired) electrons. The van der Waals surface area contributed by atoms with E-state index < -0.39 is 0 Å². The van der Waals surface area contributed by atoms with Crippen molar-refractivity contribution in [1.82, 2.24) is 9.13 Å². The maximum Gasteiger partial charge on any atom is 0.328 e. The SMILES string of the molecule is CCn1ccn(Cc2cccc(Cl)c2)c1=O. The Balaban J connectivity index is 2.27. The molecule has 2 aromatic rings. The van der Waals surface area contributed by atoms with Gasteiger partial charge in [-0.15, -0.1) is 0 Å². The summed E-state index contributed by atoms with van der Waals surface area (Å²) in [5.41, 5.74) is 1.05. The molecule has 3 nitrogen and oxygen atoms in total. The highest BCUT2D eigenvalue weighted by atomic mass is 35.5. The quantitative estimate of drug-likeness (QED) is 0.804. The Labute approximate surface area is 98.9 Å². The molecule has 0 aliphatic rings. The molecule has 2 rings (SSSR count). The first-order valence-corrected chi connectivity index (χ1v) is 5.58. The van der Waals surface area contributed by atoms with Crippen molar-refractivity contribution < 1.29 is 0 Å². The Bertz CT molecular complexity index is 542. The van der Waals surface area contributed by atoms with Crippen molar-refractivity contribution in [1.29, 1.82) is 0 Å². The minimum atomic E-state index is 0.0162. The molecule has 1 aromatic carbocycles. The Morgan fingerprint density at radius 2 is 2.00 bits per heavy atom. The molecule has 0 N–H and O–H groups in total. The summed E-state index contributed by atoms with van der Waals surface area (Å²) in [6.45, 7) is 3.21. The van der Waals surface area contributed by atoms with E-state index in [4.69, 9.17) is 11.6 Å². The Morgan fingerprint density at radius 1 is 1.25 bits per heavy atom. The second-order valence-electron chi connectivity index (χ2n) is 3.62. The van der Waals surface area contributed by atoms with E-state index in [2.05, 4.69) is 0 Å². The lowest BCUT2D eigenvalue weighted by Gasteiger charge is -2.02. The van der Waals surface area contributed by atoms with Gasteiger partial charge in [-0.3, -0.25) is 9.13 Å². The van der Waals surface area contributed by atoms with Crippen LogP contribution >= 0.6 is 11.6 Å². The van der Waals surface area contributed by atoms with Crippen LogP contribution in [-0.2, 0) is 13.1 Å². The lowest BCUT2D eigenvalue weighted by atomic mass is 10.2. The van der Waals surface area contributed by atoms with Gasteiger partial charge in [0.1, 0.15) is 0 Å². The van der Waals surface area contributed by atoms with Gasteiger partial charge in [-0.1, -0.05) is 23.7 Å². The molecule has 84 valence electrons. The van der Waals surface area contributed by atoms with E-state index in [1.807, 2.05) is 31.2 Å². The number of hydrogen-bond donors (Lipinski definition) is 0. The van der Waals surface area contributed by atoms with Gasteiger partial charge in [0.05, 0.1) is 6.54 Å². The van der Waals surface area contributed by atoms with E-state index in [1.54, 1.807) is 21.5 Å². The lowest BCUT2D eigenvalue weighted by Crippen LogP contribution is -2.23. The van der Waals surface area contributed by atoms with E-state index >= 15 is 0 Å². The minimum absolute atomic E-state index is 0.0162. The van der Waals surface area contributed by atoms with Crippen molar-refractivity contribution in [3.8, 4) is 0 Å². The maximum atomic E-state index is 11.8. The van der Waals surface area contributed by atoms with Crippen molar-refractivity contribution in [3.05, 3.63) is 57.7 Å². The molecule has 0 aliphatic heterocycles. The largest absolute Gasteiger partial charge is 0.328 e. The van der Waals surface area contributed by atoms with E-state index in [0.717, 1.165) is 5.56 Å². The molecule has 1 heterocycles. The van der Waals surface area contributed by atoms with Crippen molar-refractivity contribution >= 4 is 11.6 Å². The van der Waals surface area contributed by atoms with E-state index in [9.17, 15) is 4.79 Å². The highest BCUT2D eigenvalue weighted by Crippen LogP contribution is 2.11. The number of aryl methyl sites for hydroxylation is 1. The zero-order valence-corrected chi connectivity index (χ0v) is 9.81. The predicted molar refractivity (Wildman–Crippen MR) is 64.9 cm³/mol. The molecule has 0 atom stereocenters. The summed E-state index contributed by atoms with van der Waals surface area (Å²) < 4.78 is 3.35. The number of benzene rings is 1. The molecule has 0 fully saturated rings. The average Bonchev–Trinajstić information content (AvgIpc) is 2.60. The summed E-state index contributed by atoms with van der Waals surface area (Å²) >= 11 is 5.89. The van der Waals surface area contributed by atoms with Gasteiger partial charge in [-0.05, 0) is 24.6 Å². The number of hydrogen-bond acceptors (Lipinski definition) is 1.